The smallest absolute Gasteiger partial charge is 0.242 e. The van der Waals surface area contributed by atoms with Gasteiger partial charge >= 0.3 is 0 Å². The van der Waals surface area contributed by atoms with Gasteiger partial charge in [0.05, 0.1) is 26.1 Å². The first-order valence-electron chi connectivity index (χ1n) is 11.3. The van der Waals surface area contributed by atoms with Crippen LogP contribution in [0, 0.1) is 6.92 Å². The number of benzene rings is 2. The number of unbranched alkanes of at least 4 members (excludes halogenated alkanes) is 1. The molecule has 2 aromatic heterocycles. The Hall–Kier alpha value is -2.82. The summed E-state index contributed by atoms with van der Waals surface area (Å²) < 4.78 is 29.4. The number of amides is 1. The van der Waals surface area contributed by atoms with Gasteiger partial charge in [-0.3, -0.25) is 4.79 Å². The summed E-state index contributed by atoms with van der Waals surface area (Å²) in [5.74, 6) is 0.653. The number of carbonyl (C=O) groups is 1. The molecule has 0 aliphatic heterocycles. The molecule has 10 heteroatoms. The monoisotopic (exact) mass is 499 g/mol. The Bertz CT molecular complexity index is 1450. The predicted octanol–water partition coefficient (Wildman–Crippen LogP) is 4.58. The molecule has 1 N–H and O–H groups in total. The van der Waals surface area contributed by atoms with Gasteiger partial charge in [0, 0.05) is 33.5 Å². The summed E-state index contributed by atoms with van der Waals surface area (Å²) in [6.07, 6.45) is 2.69. The van der Waals surface area contributed by atoms with Crippen molar-refractivity contribution < 1.29 is 13.2 Å². The maximum absolute atomic E-state index is 12.7. The van der Waals surface area contributed by atoms with Gasteiger partial charge in [0.2, 0.25) is 15.9 Å². The number of carbonyl (C=O) groups excluding carboxylic acids is 1. The molecular formula is C24H29N5O3S2. The van der Waals surface area contributed by atoms with Crippen molar-refractivity contribution in [1.29, 1.82) is 0 Å². The van der Waals surface area contributed by atoms with Crippen molar-refractivity contribution in [3.63, 3.8) is 0 Å². The number of thiazole rings is 1. The highest BCUT2D eigenvalue weighted by atomic mass is 32.2. The zero-order valence-corrected chi connectivity index (χ0v) is 21.5. The molecule has 0 aliphatic rings. The number of aryl methyl sites for hydroxylation is 3. The first-order valence-corrected chi connectivity index (χ1v) is 13.5. The fraction of sp³-hybridized carbons (Fsp3) is 0.375. The molecule has 4 aromatic rings. The van der Waals surface area contributed by atoms with Gasteiger partial charge in [0.25, 0.3) is 0 Å². The summed E-state index contributed by atoms with van der Waals surface area (Å²) in [6, 6.07) is 11.0. The van der Waals surface area contributed by atoms with Crippen LogP contribution in [0.5, 0.6) is 0 Å². The van der Waals surface area contributed by atoms with E-state index in [0.717, 1.165) is 46.5 Å². The quantitative estimate of drug-likeness (QED) is 0.364. The summed E-state index contributed by atoms with van der Waals surface area (Å²) in [4.78, 5) is 22.2. The third-order valence-electron chi connectivity index (χ3n) is 5.76. The van der Waals surface area contributed by atoms with E-state index < -0.39 is 10.0 Å². The SMILES string of the molecule is CCCCn1c(CCC(=O)Nc2nc3c(C)cccc3s2)nc2cc(S(=O)(=O)N(C)C)ccc21. The lowest BCUT2D eigenvalue weighted by Crippen LogP contribution is -2.22. The van der Waals surface area contributed by atoms with E-state index in [9.17, 15) is 13.2 Å². The van der Waals surface area contributed by atoms with Gasteiger partial charge < -0.3 is 9.88 Å². The minimum Gasteiger partial charge on any atom is -0.328 e. The summed E-state index contributed by atoms with van der Waals surface area (Å²) >= 11 is 1.46. The second-order valence-electron chi connectivity index (χ2n) is 8.46. The number of imidazole rings is 1. The van der Waals surface area contributed by atoms with Gasteiger partial charge in [-0.05, 0) is 43.2 Å². The third-order valence-corrected chi connectivity index (χ3v) is 8.50. The van der Waals surface area contributed by atoms with Crippen LogP contribution in [0.2, 0.25) is 0 Å². The minimum atomic E-state index is -3.55. The molecule has 4 rings (SSSR count). The van der Waals surface area contributed by atoms with Crippen molar-refractivity contribution in [1.82, 2.24) is 18.8 Å². The van der Waals surface area contributed by atoms with E-state index in [-0.39, 0.29) is 17.2 Å². The number of hydrogen-bond acceptors (Lipinski definition) is 6. The topological polar surface area (TPSA) is 97.2 Å². The Balaban J connectivity index is 1.55. The summed E-state index contributed by atoms with van der Waals surface area (Å²) in [6.45, 7) is 4.89. The lowest BCUT2D eigenvalue weighted by Gasteiger charge is -2.11. The highest BCUT2D eigenvalue weighted by Gasteiger charge is 2.20. The molecule has 180 valence electrons. The molecule has 2 heterocycles. The Kier molecular flexibility index (Phi) is 7.01. The Morgan fingerprint density at radius 2 is 1.97 bits per heavy atom. The zero-order chi connectivity index (χ0) is 24.5. The molecule has 0 saturated carbocycles. The van der Waals surface area contributed by atoms with Crippen LogP contribution in [0.3, 0.4) is 0 Å². The van der Waals surface area contributed by atoms with Crippen LogP contribution < -0.4 is 5.32 Å². The molecule has 2 aromatic carbocycles. The Morgan fingerprint density at radius 3 is 2.68 bits per heavy atom. The average molecular weight is 500 g/mol. The Morgan fingerprint density at radius 1 is 1.18 bits per heavy atom. The van der Waals surface area contributed by atoms with Crippen molar-refractivity contribution >= 4 is 53.6 Å². The number of anilines is 1. The lowest BCUT2D eigenvalue weighted by atomic mass is 10.2. The summed E-state index contributed by atoms with van der Waals surface area (Å²) in [7, 11) is -0.529. The molecule has 0 unspecified atom stereocenters. The molecule has 8 nitrogen and oxygen atoms in total. The van der Waals surface area contributed by atoms with Crippen LogP contribution in [-0.2, 0) is 27.8 Å². The molecule has 0 aliphatic carbocycles. The molecule has 34 heavy (non-hydrogen) atoms. The van der Waals surface area contributed by atoms with Crippen molar-refractivity contribution in [3.8, 4) is 0 Å². The summed E-state index contributed by atoms with van der Waals surface area (Å²) in [5, 5.41) is 3.50. The van der Waals surface area contributed by atoms with E-state index in [1.54, 1.807) is 18.2 Å². The van der Waals surface area contributed by atoms with Gasteiger partial charge in [0.1, 0.15) is 5.82 Å². The van der Waals surface area contributed by atoms with Crippen LogP contribution in [0.15, 0.2) is 41.3 Å². The number of rotatable bonds is 9. The average Bonchev–Trinajstić information content (AvgIpc) is 3.37. The van der Waals surface area contributed by atoms with E-state index in [2.05, 4.69) is 21.8 Å². The molecule has 0 spiro atoms. The Labute approximate surface area is 203 Å². The van der Waals surface area contributed by atoms with Crippen LogP contribution in [0.1, 0.15) is 37.6 Å². The molecule has 1 amide bonds. The van der Waals surface area contributed by atoms with Gasteiger partial charge in [-0.25, -0.2) is 22.7 Å². The second kappa shape index (κ2) is 9.81. The van der Waals surface area contributed by atoms with Gasteiger partial charge in [-0.15, -0.1) is 0 Å². The number of hydrogen-bond donors (Lipinski definition) is 1. The first-order chi connectivity index (χ1) is 16.2. The number of nitrogens with zero attached hydrogens (tertiary/aromatic N) is 4. The van der Waals surface area contributed by atoms with Crippen molar-refractivity contribution in [2.45, 2.75) is 51.0 Å². The van der Waals surface area contributed by atoms with Gasteiger partial charge in [0.15, 0.2) is 5.13 Å². The molecule has 0 bridgehead atoms. The van der Waals surface area contributed by atoms with E-state index in [0.29, 0.717) is 17.1 Å². The third kappa shape index (κ3) is 4.84. The van der Waals surface area contributed by atoms with E-state index in [4.69, 9.17) is 4.98 Å². The lowest BCUT2D eigenvalue weighted by molar-refractivity contribution is -0.116. The molecule has 0 saturated heterocycles. The largest absolute Gasteiger partial charge is 0.328 e. The summed E-state index contributed by atoms with van der Waals surface area (Å²) in [5.41, 5.74) is 3.49. The minimum absolute atomic E-state index is 0.123. The predicted molar refractivity (Wildman–Crippen MR) is 137 cm³/mol. The molecule has 0 atom stereocenters. The number of sulfonamides is 1. The molecule has 0 fully saturated rings. The van der Waals surface area contributed by atoms with E-state index in [1.807, 2.05) is 25.1 Å². The van der Waals surface area contributed by atoms with E-state index in [1.165, 1.54) is 29.7 Å². The standard InChI is InChI=1S/C24H29N5O3S2/c1-5-6-14-29-19-11-10-17(34(31,32)28(3)4)15-18(19)25-21(29)12-13-22(30)26-24-27-23-16(2)8-7-9-20(23)33-24/h7-11,15H,5-6,12-14H2,1-4H3,(H,26,27,30). The maximum Gasteiger partial charge on any atom is 0.242 e. The van der Waals surface area contributed by atoms with Crippen LogP contribution in [-0.4, -0.2) is 47.3 Å². The van der Waals surface area contributed by atoms with E-state index >= 15 is 0 Å². The first kappa shape index (κ1) is 24.3. The van der Waals surface area contributed by atoms with Crippen LogP contribution >= 0.6 is 11.3 Å². The van der Waals surface area contributed by atoms with Crippen molar-refractivity contribution in [2.75, 3.05) is 19.4 Å². The number of fused-ring (bicyclic) bond motifs is 2. The molecular weight excluding hydrogens is 470 g/mol. The fourth-order valence-electron chi connectivity index (χ4n) is 3.83. The number of nitrogens with one attached hydrogen (secondary N) is 1. The van der Waals surface area contributed by atoms with Gasteiger partial charge in [-0.2, -0.15) is 0 Å². The van der Waals surface area contributed by atoms with Crippen LogP contribution in [0.25, 0.3) is 21.3 Å². The number of para-hydroxylation sites is 1. The van der Waals surface area contributed by atoms with Crippen molar-refractivity contribution in [3.05, 3.63) is 47.8 Å². The van der Waals surface area contributed by atoms with Crippen LogP contribution in [0.4, 0.5) is 5.13 Å². The number of aromatic nitrogens is 3. The second-order valence-corrected chi connectivity index (χ2v) is 11.6. The fourth-order valence-corrected chi connectivity index (χ4v) is 5.72. The van der Waals surface area contributed by atoms with Crippen molar-refractivity contribution in [2.24, 2.45) is 0 Å². The highest BCUT2D eigenvalue weighted by molar-refractivity contribution is 7.89. The van der Waals surface area contributed by atoms with Gasteiger partial charge in [-0.1, -0.05) is 36.8 Å². The highest BCUT2D eigenvalue weighted by Crippen LogP contribution is 2.28. The maximum atomic E-state index is 12.7. The zero-order valence-electron chi connectivity index (χ0n) is 19.8. The molecule has 0 radical (unpaired) electrons. The normalized spacial score (nSPS) is 12.1.